The van der Waals surface area contributed by atoms with Crippen LogP contribution in [0, 0.1) is 11.8 Å². The molecule has 3 heteroatoms. The summed E-state index contributed by atoms with van der Waals surface area (Å²) < 4.78 is 5.61. The van der Waals surface area contributed by atoms with E-state index in [2.05, 4.69) is 11.9 Å². The lowest BCUT2D eigenvalue weighted by molar-refractivity contribution is -0.134. The molecule has 0 radical (unpaired) electrons. The lowest BCUT2D eigenvalue weighted by Gasteiger charge is -2.46. The van der Waals surface area contributed by atoms with Gasteiger partial charge in [-0.3, -0.25) is 9.69 Å². The van der Waals surface area contributed by atoms with E-state index >= 15 is 0 Å². The number of ketones is 1. The van der Waals surface area contributed by atoms with Gasteiger partial charge in [0, 0.05) is 23.9 Å². The summed E-state index contributed by atoms with van der Waals surface area (Å²) in [4.78, 5) is 14.9. The van der Waals surface area contributed by atoms with Crippen molar-refractivity contribution in [3.63, 3.8) is 0 Å². The van der Waals surface area contributed by atoms with Crippen LogP contribution in [0.2, 0.25) is 0 Å². The van der Waals surface area contributed by atoms with Gasteiger partial charge in [0.1, 0.15) is 5.78 Å². The highest BCUT2D eigenvalue weighted by Gasteiger charge is 2.41. The van der Waals surface area contributed by atoms with Crippen molar-refractivity contribution in [2.75, 3.05) is 20.3 Å². The average Bonchev–Trinajstić information content (AvgIpc) is 2.81. The van der Waals surface area contributed by atoms with Crippen LogP contribution in [0.5, 0.6) is 0 Å². The summed E-state index contributed by atoms with van der Waals surface area (Å²) in [5.41, 5.74) is 0. The molecule has 2 heterocycles. The van der Waals surface area contributed by atoms with E-state index in [1.54, 1.807) is 0 Å². The summed E-state index contributed by atoms with van der Waals surface area (Å²) in [5.74, 6) is 1.30. The number of carbonyl (C=O) groups is 1. The van der Waals surface area contributed by atoms with Crippen molar-refractivity contribution in [3.8, 4) is 0 Å². The first-order valence-electron chi connectivity index (χ1n) is 7.09. The summed E-state index contributed by atoms with van der Waals surface area (Å²) in [6.07, 6.45) is 6.89. The van der Waals surface area contributed by atoms with Gasteiger partial charge in [0.05, 0.1) is 13.2 Å². The Kier molecular flexibility index (Phi) is 3.22. The molecule has 3 nitrogen and oxygen atoms in total. The van der Waals surface area contributed by atoms with Gasteiger partial charge in [0.25, 0.3) is 0 Å². The molecule has 2 atom stereocenters. The molecule has 0 aromatic heterocycles. The summed E-state index contributed by atoms with van der Waals surface area (Å²) in [5, 5.41) is 0. The first-order valence-corrected chi connectivity index (χ1v) is 7.09. The van der Waals surface area contributed by atoms with E-state index in [9.17, 15) is 4.79 Å². The number of Topliss-reactive ketones (excluding diaryl/α,β-unsaturated/α-hetero) is 1. The maximum atomic E-state index is 12.5. The number of likely N-dealkylation sites (N-methyl/N-ethyl adjacent to an activating group) is 1. The number of piperidine rings is 1. The van der Waals surface area contributed by atoms with E-state index < -0.39 is 0 Å². The maximum Gasteiger partial charge on any atom is 0.139 e. The number of morpholine rings is 1. The quantitative estimate of drug-likeness (QED) is 0.734. The minimum Gasteiger partial charge on any atom is -0.378 e. The SMILES string of the molecule is CN1C2COCC1CC(C(=O)C1CCCC1)C2. The lowest BCUT2D eigenvalue weighted by atomic mass is 9.79. The molecule has 0 aromatic carbocycles. The molecule has 3 fully saturated rings. The van der Waals surface area contributed by atoms with Crippen LogP contribution < -0.4 is 0 Å². The molecule has 0 N–H and O–H groups in total. The Bertz CT molecular complexity index is 285. The molecule has 96 valence electrons. The average molecular weight is 237 g/mol. The van der Waals surface area contributed by atoms with Gasteiger partial charge >= 0.3 is 0 Å². The van der Waals surface area contributed by atoms with E-state index in [0.29, 0.717) is 29.7 Å². The van der Waals surface area contributed by atoms with Crippen LogP contribution in [-0.2, 0) is 9.53 Å². The smallest absolute Gasteiger partial charge is 0.139 e. The fourth-order valence-electron chi connectivity index (χ4n) is 3.87. The summed E-state index contributed by atoms with van der Waals surface area (Å²) in [6, 6.07) is 0.968. The Balaban J connectivity index is 1.66. The monoisotopic (exact) mass is 237 g/mol. The Morgan fingerprint density at radius 2 is 1.65 bits per heavy atom. The molecule has 17 heavy (non-hydrogen) atoms. The number of nitrogens with zero attached hydrogens (tertiary/aromatic N) is 1. The highest BCUT2D eigenvalue weighted by atomic mass is 16.5. The first kappa shape index (κ1) is 11.7. The second-order valence-electron chi connectivity index (χ2n) is 6.06. The van der Waals surface area contributed by atoms with Gasteiger partial charge in [-0.05, 0) is 32.7 Å². The minimum atomic E-state index is 0.327. The van der Waals surface area contributed by atoms with Crippen molar-refractivity contribution in [3.05, 3.63) is 0 Å². The second-order valence-corrected chi connectivity index (χ2v) is 6.06. The molecular formula is C14H23NO2. The van der Waals surface area contributed by atoms with Crippen molar-refractivity contribution < 1.29 is 9.53 Å². The van der Waals surface area contributed by atoms with Gasteiger partial charge in [0.2, 0.25) is 0 Å². The van der Waals surface area contributed by atoms with Gasteiger partial charge in [-0.25, -0.2) is 0 Å². The third kappa shape index (κ3) is 2.15. The Hall–Kier alpha value is -0.410. The minimum absolute atomic E-state index is 0.327. The normalized spacial score (nSPS) is 39.5. The van der Waals surface area contributed by atoms with E-state index in [-0.39, 0.29) is 0 Å². The molecule has 3 aliphatic rings. The van der Waals surface area contributed by atoms with Crippen LogP contribution >= 0.6 is 0 Å². The standard InChI is InChI=1S/C14H23NO2/c1-15-12-6-11(7-13(15)9-17-8-12)14(16)10-4-2-3-5-10/h10-13H,2-9H2,1H3. The van der Waals surface area contributed by atoms with Crippen LogP contribution in [0.4, 0.5) is 0 Å². The number of hydrogen-bond donors (Lipinski definition) is 0. The number of rotatable bonds is 2. The molecule has 2 aliphatic heterocycles. The Morgan fingerprint density at radius 1 is 1.06 bits per heavy atom. The Labute approximate surface area is 104 Å². The van der Waals surface area contributed by atoms with Gasteiger partial charge in [-0.2, -0.15) is 0 Å². The van der Waals surface area contributed by atoms with E-state index in [4.69, 9.17) is 4.74 Å². The molecule has 1 aliphatic carbocycles. The maximum absolute atomic E-state index is 12.5. The van der Waals surface area contributed by atoms with Crippen molar-refractivity contribution in [2.24, 2.45) is 11.8 Å². The van der Waals surface area contributed by atoms with E-state index in [1.807, 2.05) is 0 Å². The van der Waals surface area contributed by atoms with Gasteiger partial charge in [-0.1, -0.05) is 12.8 Å². The van der Waals surface area contributed by atoms with Crippen molar-refractivity contribution in [1.29, 1.82) is 0 Å². The zero-order valence-corrected chi connectivity index (χ0v) is 10.7. The van der Waals surface area contributed by atoms with Crippen LogP contribution in [0.15, 0.2) is 0 Å². The molecule has 1 saturated carbocycles. The lowest BCUT2D eigenvalue weighted by Crippen LogP contribution is -2.56. The molecular weight excluding hydrogens is 214 g/mol. The van der Waals surface area contributed by atoms with Crippen molar-refractivity contribution >= 4 is 5.78 Å². The number of carbonyl (C=O) groups excluding carboxylic acids is 1. The molecule has 3 rings (SSSR count). The third-order valence-electron chi connectivity index (χ3n) is 5.05. The third-order valence-corrected chi connectivity index (χ3v) is 5.05. The molecule has 2 unspecified atom stereocenters. The summed E-state index contributed by atoms with van der Waals surface area (Å²) in [7, 11) is 2.19. The first-order chi connectivity index (χ1) is 8.25. The van der Waals surface area contributed by atoms with Crippen LogP contribution in [0.3, 0.4) is 0 Å². The highest BCUT2D eigenvalue weighted by molar-refractivity contribution is 5.83. The topological polar surface area (TPSA) is 29.5 Å². The van der Waals surface area contributed by atoms with Crippen molar-refractivity contribution in [2.45, 2.75) is 50.6 Å². The van der Waals surface area contributed by atoms with Gasteiger partial charge < -0.3 is 4.74 Å². The van der Waals surface area contributed by atoms with Crippen LogP contribution in [0.1, 0.15) is 38.5 Å². The number of ether oxygens (including phenoxy) is 1. The molecule has 0 aromatic rings. The van der Waals surface area contributed by atoms with Gasteiger partial charge in [0.15, 0.2) is 0 Å². The van der Waals surface area contributed by atoms with E-state index in [1.165, 1.54) is 12.8 Å². The zero-order valence-electron chi connectivity index (χ0n) is 10.7. The predicted octanol–water partition coefficient (Wildman–Crippen LogP) is 1.85. The molecule has 0 spiro atoms. The van der Waals surface area contributed by atoms with Crippen LogP contribution in [-0.4, -0.2) is 43.0 Å². The zero-order chi connectivity index (χ0) is 11.8. The molecule has 2 saturated heterocycles. The predicted molar refractivity (Wildman–Crippen MR) is 65.8 cm³/mol. The fraction of sp³-hybridized carbons (Fsp3) is 0.929. The van der Waals surface area contributed by atoms with Crippen molar-refractivity contribution in [1.82, 2.24) is 4.90 Å². The summed E-state index contributed by atoms with van der Waals surface area (Å²) >= 11 is 0. The second kappa shape index (κ2) is 4.69. The van der Waals surface area contributed by atoms with E-state index in [0.717, 1.165) is 38.9 Å². The highest BCUT2D eigenvalue weighted by Crippen LogP contribution is 2.36. The van der Waals surface area contributed by atoms with Gasteiger partial charge in [-0.15, -0.1) is 0 Å². The number of hydrogen-bond acceptors (Lipinski definition) is 3. The Morgan fingerprint density at radius 3 is 2.24 bits per heavy atom. The van der Waals surface area contributed by atoms with Crippen LogP contribution in [0.25, 0.3) is 0 Å². The molecule has 0 amide bonds. The largest absolute Gasteiger partial charge is 0.378 e. The number of fused-ring (bicyclic) bond motifs is 2. The molecule has 2 bridgehead atoms. The summed E-state index contributed by atoms with van der Waals surface area (Å²) in [6.45, 7) is 1.64. The fourth-order valence-corrected chi connectivity index (χ4v) is 3.87.